The molecule has 7 nitrogen and oxygen atoms in total. The second kappa shape index (κ2) is 12.2. The van der Waals surface area contributed by atoms with Crippen LogP contribution in [0.1, 0.15) is 64.0 Å². The van der Waals surface area contributed by atoms with Crippen LogP contribution in [-0.2, 0) is 13.1 Å². The summed E-state index contributed by atoms with van der Waals surface area (Å²) >= 11 is 0. The van der Waals surface area contributed by atoms with E-state index in [1.54, 1.807) is 0 Å². The van der Waals surface area contributed by atoms with Gasteiger partial charge in [0.05, 0.1) is 0 Å². The number of aromatic nitrogens is 1. The number of nitrogens with one attached hydrogen (secondary N) is 1. The van der Waals surface area contributed by atoms with Gasteiger partial charge in [0, 0.05) is 54.7 Å². The van der Waals surface area contributed by atoms with Crippen molar-refractivity contribution in [3.05, 3.63) is 76.0 Å². The maximum atomic E-state index is 13.6. The maximum absolute atomic E-state index is 13.6. The van der Waals surface area contributed by atoms with Gasteiger partial charge in [0.1, 0.15) is 0 Å². The molecular weight excluding hydrogens is 486 g/mol. The first-order chi connectivity index (χ1) is 18.5. The van der Waals surface area contributed by atoms with E-state index in [2.05, 4.69) is 71.6 Å². The van der Waals surface area contributed by atoms with Crippen LogP contribution >= 0.6 is 0 Å². The molecule has 0 spiro atoms. The van der Waals surface area contributed by atoms with Crippen molar-refractivity contribution in [3.8, 4) is 17.0 Å². The molecule has 1 amide bonds. The molecule has 0 aliphatic heterocycles. The van der Waals surface area contributed by atoms with E-state index >= 15 is 0 Å². The molecule has 1 aliphatic rings. The predicted octanol–water partition coefficient (Wildman–Crippen LogP) is 5.08. The third-order valence-corrected chi connectivity index (χ3v) is 7.96. The lowest BCUT2D eigenvalue weighted by Gasteiger charge is -2.36. The van der Waals surface area contributed by atoms with Crippen LogP contribution in [-0.4, -0.2) is 54.1 Å². The minimum atomic E-state index is -0.168. The lowest BCUT2D eigenvalue weighted by atomic mass is 9.89. The Kier molecular flexibility index (Phi) is 8.93. The molecule has 2 aromatic carbocycles. The highest BCUT2D eigenvalue weighted by molar-refractivity contribution is 5.99. The summed E-state index contributed by atoms with van der Waals surface area (Å²) in [5.41, 5.74) is 14.4. The van der Waals surface area contributed by atoms with Crippen LogP contribution in [0.25, 0.3) is 11.1 Å². The number of rotatable bonds is 8. The van der Waals surface area contributed by atoms with Gasteiger partial charge in [-0.1, -0.05) is 24.3 Å². The van der Waals surface area contributed by atoms with Gasteiger partial charge in [-0.3, -0.25) is 4.79 Å². The van der Waals surface area contributed by atoms with Crippen molar-refractivity contribution in [1.82, 2.24) is 15.2 Å². The quantitative estimate of drug-likeness (QED) is 0.377. The molecule has 4 N–H and O–H groups in total. The van der Waals surface area contributed by atoms with Crippen molar-refractivity contribution < 1.29 is 9.90 Å². The summed E-state index contributed by atoms with van der Waals surface area (Å²) in [6.07, 6.45) is 4.12. The Morgan fingerprint density at radius 3 is 2.28 bits per heavy atom. The van der Waals surface area contributed by atoms with Crippen molar-refractivity contribution in [2.75, 3.05) is 26.0 Å². The SMILES string of the molecule is Cc1cc(C)c(CNC(=O)c2cc(-c3ccc(CN(C)C)cc3)cc(N(C)[C@H]3CC[C@@H](N)CC3)c2C)c(O)n1. The summed E-state index contributed by atoms with van der Waals surface area (Å²) < 4.78 is 0. The molecule has 4 rings (SSSR count). The van der Waals surface area contributed by atoms with E-state index in [1.807, 2.05) is 32.9 Å². The second-order valence-corrected chi connectivity index (χ2v) is 11.3. The number of amides is 1. The highest BCUT2D eigenvalue weighted by Crippen LogP contribution is 2.34. The Morgan fingerprint density at radius 1 is 1.00 bits per heavy atom. The van der Waals surface area contributed by atoms with E-state index < -0.39 is 0 Å². The zero-order valence-corrected chi connectivity index (χ0v) is 24.2. The van der Waals surface area contributed by atoms with Crippen LogP contribution in [0.5, 0.6) is 5.88 Å². The zero-order chi connectivity index (χ0) is 28.3. The van der Waals surface area contributed by atoms with Gasteiger partial charge < -0.3 is 26.0 Å². The number of nitrogens with two attached hydrogens (primary N) is 1. The number of hydrogen-bond donors (Lipinski definition) is 3. The Hall–Kier alpha value is -3.42. The van der Waals surface area contributed by atoms with Crippen molar-refractivity contribution in [1.29, 1.82) is 0 Å². The zero-order valence-electron chi connectivity index (χ0n) is 24.2. The second-order valence-electron chi connectivity index (χ2n) is 11.3. The Morgan fingerprint density at radius 2 is 1.67 bits per heavy atom. The molecule has 7 heteroatoms. The topological polar surface area (TPSA) is 94.7 Å². The van der Waals surface area contributed by atoms with E-state index in [1.165, 1.54) is 5.56 Å². The third kappa shape index (κ3) is 6.78. The van der Waals surface area contributed by atoms with Gasteiger partial charge in [-0.05, 0) is 107 Å². The minimum absolute atomic E-state index is 0.0352. The third-order valence-electron chi connectivity index (χ3n) is 7.96. The molecule has 1 fully saturated rings. The van der Waals surface area contributed by atoms with Crippen LogP contribution in [0.15, 0.2) is 42.5 Å². The molecule has 1 heterocycles. The van der Waals surface area contributed by atoms with Gasteiger partial charge in [-0.15, -0.1) is 0 Å². The Bertz CT molecular complexity index is 1290. The number of pyridine rings is 1. The normalized spacial score (nSPS) is 17.3. The molecule has 1 aliphatic carbocycles. The molecule has 0 atom stereocenters. The number of aryl methyl sites for hydroxylation is 2. The summed E-state index contributed by atoms with van der Waals surface area (Å²) in [6, 6.07) is 15.3. The summed E-state index contributed by atoms with van der Waals surface area (Å²) in [7, 11) is 6.26. The van der Waals surface area contributed by atoms with Crippen molar-refractivity contribution >= 4 is 11.6 Å². The van der Waals surface area contributed by atoms with Crippen LogP contribution < -0.4 is 16.0 Å². The maximum Gasteiger partial charge on any atom is 0.251 e. The molecule has 0 unspecified atom stereocenters. The van der Waals surface area contributed by atoms with Gasteiger partial charge >= 0.3 is 0 Å². The fraction of sp³-hybridized carbons (Fsp3) is 0.438. The molecule has 1 saturated carbocycles. The summed E-state index contributed by atoms with van der Waals surface area (Å²) in [6.45, 7) is 6.87. The van der Waals surface area contributed by atoms with Crippen LogP contribution in [0.4, 0.5) is 5.69 Å². The molecule has 0 radical (unpaired) electrons. The number of nitrogens with zero attached hydrogens (tertiary/aromatic N) is 3. The highest BCUT2D eigenvalue weighted by Gasteiger charge is 2.25. The monoisotopic (exact) mass is 529 g/mol. The van der Waals surface area contributed by atoms with Crippen LogP contribution in [0.2, 0.25) is 0 Å². The minimum Gasteiger partial charge on any atom is -0.493 e. The van der Waals surface area contributed by atoms with Crippen molar-refractivity contribution in [3.63, 3.8) is 0 Å². The average molecular weight is 530 g/mol. The molecule has 0 bridgehead atoms. The number of aromatic hydroxyl groups is 1. The predicted molar refractivity (Wildman–Crippen MR) is 159 cm³/mol. The number of carbonyl (C=O) groups excluding carboxylic acids is 1. The van der Waals surface area contributed by atoms with Gasteiger partial charge in [0.15, 0.2) is 0 Å². The van der Waals surface area contributed by atoms with E-state index in [9.17, 15) is 9.90 Å². The van der Waals surface area contributed by atoms with E-state index in [0.717, 1.165) is 65.9 Å². The van der Waals surface area contributed by atoms with Crippen LogP contribution in [0, 0.1) is 20.8 Å². The fourth-order valence-electron chi connectivity index (χ4n) is 5.65. The molecule has 3 aromatic rings. The largest absolute Gasteiger partial charge is 0.493 e. The summed E-state index contributed by atoms with van der Waals surface area (Å²) in [5.74, 6) is -0.203. The van der Waals surface area contributed by atoms with E-state index in [4.69, 9.17) is 5.73 Å². The van der Waals surface area contributed by atoms with E-state index in [0.29, 0.717) is 17.2 Å². The highest BCUT2D eigenvalue weighted by atomic mass is 16.3. The molecule has 0 saturated heterocycles. The van der Waals surface area contributed by atoms with Crippen molar-refractivity contribution in [2.45, 2.75) is 71.6 Å². The Labute approximate surface area is 233 Å². The number of carbonyl (C=O) groups is 1. The molecule has 208 valence electrons. The van der Waals surface area contributed by atoms with Gasteiger partial charge in [0.25, 0.3) is 5.91 Å². The fourth-order valence-corrected chi connectivity index (χ4v) is 5.65. The number of anilines is 1. The Balaban J connectivity index is 1.68. The molecule has 1 aromatic heterocycles. The van der Waals surface area contributed by atoms with E-state index in [-0.39, 0.29) is 24.4 Å². The smallest absolute Gasteiger partial charge is 0.251 e. The van der Waals surface area contributed by atoms with Gasteiger partial charge in [-0.2, -0.15) is 0 Å². The van der Waals surface area contributed by atoms with Gasteiger partial charge in [-0.25, -0.2) is 4.98 Å². The molecular formula is C32H43N5O2. The number of benzene rings is 2. The first-order valence-corrected chi connectivity index (χ1v) is 13.8. The van der Waals surface area contributed by atoms with Crippen molar-refractivity contribution in [2.24, 2.45) is 5.73 Å². The summed E-state index contributed by atoms with van der Waals surface area (Å²) in [5, 5.41) is 13.4. The van der Waals surface area contributed by atoms with Crippen LogP contribution in [0.3, 0.4) is 0 Å². The first-order valence-electron chi connectivity index (χ1n) is 13.8. The van der Waals surface area contributed by atoms with Gasteiger partial charge in [0.2, 0.25) is 5.88 Å². The lowest BCUT2D eigenvalue weighted by Crippen LogP contribution is -2.39. The molecule has 39 heavy (non-hydrogen) atoms. The average Bonchev–Trinajstić information content (AvgIpc) is 2.88. The lowest BCUT2D eigenvalue weighted by molar-refractivity contribution is 0.0950. The number of hydrogen-bond acceptors (Lipinski definition) is 6. The first kappa shape index (κ1) is 28.6. The summed E-state index contributed by atoms with van der Waals surface area (Å²) in [4.78, 5) is 22.3. The standard InChI is InChI=1S/C32H43N5O2/c1-20-15-21(2)35-32(39)29(20)18-34-31(38)28-16-25(24-9-7-23(8-10-24)19-36(4)5)17-30(22(28)3)37(6)27-13-11-26(33)12-14-27/h7-10,15-17,26-27H,11-14,18-19,33H2,1-6H3,(H,34,38)(H,35,39)/t26-,27+.